The number of Topliss-reactive ketones (excluding diaryl/α,β-unsaturated/α-hetero) is 1. The number of para-hydroxylation sites is 3. The van der Waals surface area contributed by atoms with Crippen molar-refractivity contribution in [2.24, 2.45) is 5.41 Å². The van der Waals surface area contributed by atoms with Gasteiger partial charge in [-0.1, -0.05) is 55.8 Å². The van der Waals surface area contributed by atoms with E-state index >= 15 is 0 Å². The van der Waals surface area contributed by atoms with E-state index in [0.717, 1.165) is 46.0 Å². The van der Waals surface area contributed by atoms with Crippen molar-refractivity contribution < 1.29 is 4.79 Å². The monoisotopic (exact) mass is 432 g/mol. The van der Waals surface area contributed by atoms with Crippen LogP contribution in [0.4, 0.5) is 11.4 Å². The summed E-state index contributed by atoms with van der Waals surface area (Å²) in [6.07, 6.45) is 1.30. The number of nitrogens with one attached hydrogen (secondary N) is 2. The van der Waals surface area contributed by atoms with Gasteiger partial charge in [-0.3, -0.25) is 4.79 Å². The molecule has 3 aromatic rings. The number of carbonyl (C=O) groups is 1. The van der Waals surface area contributed by atoms with Gasteiger partial charge in [-0.25, -0.2) is 4.68 Å². The Hall–Kier alpha value is -3.05. The molecule has 0 spiro atoms. The summed E-state index contributed by atoms with van der Waals surface area (Å²) in [7, 11) is 0. The molecule has 1 aromatic heterocycles. The molecule has 0 saturated carbocycles. The van der Waals surface area contributed by atoms with E-state index in [4.69, 9.17) is 16.7 Å². The molecule has 1 aliphatic heterocycles. The van der Waals surface area contributed by atoms with Gasteiger partial charge in [-0.05, 0) is 43.0 Å². The number of allylic oxidation sites excluding steroid dienone is 1. The van der Waals surface area contributed by atoms with Crippen molar-refractivity contribution in [1.82, 2.24) is 9.78 Å². The number of benzene rings is 2. The van der Waals surface area contributed by atoms with E-state index in [1.165, 1.54) is 0 Å². The highest BCUT2D eigenvalue weighted by Gasteiger charge is 2.40. The Kier molecular flexibility index (Phi) is 4.67. The van der Waals surface area contributed by atoms with E-state index in [2.05, 4.69) is 24.5 Å². The van der Waals surface area contributed by atoms with Crippen LogP contribution in [0, 0.1) is 12.3 Å². The van der Waals surface area contributed by atoms with Gasteiger partial charge in [0.05, 0.1) is 28.8 Å². The number of aromatic nitrogens is 2. The van der Waals surface area contributed by atoms with E-state index < -0.39 is 0 Å². The zero-order valence-corrected chi connectivity index (χ0v) is 18.6. The molecule has 5 rings (SSSR count). The average Bonchev–Trinajstić information content (AvgIpc) is 2.92. The SMILES string of the molecule is Cc1nn(-c2ccccc2)c(Cl)c1[C@@H]1Nc2ccccc2NC2=C1C(=O)CC(C)(C)C2. The fourth-order valence-corrected chi connectivity index (χ4v) is 5.07. The largest absolute Gasteiger partial charge is 0.372 e. The highest BCUT2D eigenvalue weighted by Crippen LogP contribution is 2.47. The molecule has 0 fully saturated rings. The van der Waals surface area contributed by atoms with Crippen LogP contribution in [0.5, 0.6) is 0 Å². The third-order valence-electron chi connectivity index (χ3n) is 6.06. The summed E-state index contributed by atoms with van der Waals surface area (Å²) in [5.41, 5.74) is 6.06. The molecule has 31 heavy (non-hydrogen) atoms. The zero-order valence-electron chi connectivity index (χ0n) is 17.9. The Bertz CT molecular complexity index is 1210. The Morgan fingerprint density at radius 1 is 1.03 bits per heavy atom. The lowest BCUT2D eigenvalue weighted by Crippen LogP contribution is -2.31. The summed E-state index contributed by atoms with van der Waals surface area (Å²) in [6, 6.07) is 17.5. The van der Waals surface area contributed by atoms with E-state index in [0.29, 0.717) is 11.6 Å². The van der Waals surface area contributed by atoms with Crippen molar-refractivity contribution in [1.29, 1.82) is 0 Å². The molecular formula is C25H25ClN4O. The van der Waals surface area contributed by atoms with Crippen LogP contribution in [0.25, 0.3) is 5.69 Å². The fraction of sp³-hybridized carbons (Fsp3) is 0.280. The third kappa shape index (κ3) is 3.43. The minimum Gasteiger partial charge on any atom is -0.372 e. The number of anilines is 2. The Morgan fingerprint density at radius 2 is 1.71 bits per heavy atom. The first kappa shape index (κ1) is 19.9. The predicted octanol–water partition coefficient (Wildman–Crippen LogP) is 6.06. The van der Waals surface area contributed by atoms with Gasteiger partial charge >= 0.3 is 0 Å². The van der Waals surface area contributed by atoms with Crippen LogP contribution in [-0.4, -0.2) is 15.6 Å². The standard InChI is InChI=1S/C25H25ClN4O/c1-15-21(24(26)30(29-15)16-9-5-4-6-10-16)23-22-19(13-25(2,3)14-20(22)31)27-17-11-7-8-12-18(17)28-23/h4-12,23,27-28H,13-14H2,1-3H3/t23-/m0/s1. The summed E-state index contributed by atoms with van der Waals surface area (Å²) >= 11 is 6.92. The topological polar surface area (TPSA) is 59.0 Å². The molecule has 158 valence electrons. The smallest absolute Gasteiger partial charge is 0.163 e. The lowest BCUT2D eigenvalue weighted by molar-refractivity contribution is -0.118. The van der Waals surface area contributed by atoms with Gasteiger partial charge in [0.2, 0.25) is 0 Å². The summed E-state index contributed by atoms with van der Waals surface area (Å²) < 4.78 is 1.75. The van der Waals surface area contributed by atoms with Crippen molar-refractivity contribution in [3.05, 3.63) is 82.3 Å². The lowest BCUT2D eigenvalue weighted by Gasteiger charge is -2.34. The zero-order chi connectivity index (χ0) is 21.8. The molecule has 0 radical (unpaired) electrons. The molecule has 0 bridgehead atoms. The number of fused-ring (bicyclic) bond motifs is 1. The Balaban J connectivity index is 1.71. The molecule has 2 N–H and O–H groups in total. The molecule has 0 amide bonds. The molecule has 1 atom stereocenters. The maximum absolute atomic E-state index is 13.4. The Morgan fingerprint density at radius 3 is 2.45 bits per heavy atom. The molecule has 2 heterocycles. The molecule has 6 heteroatoms. The van der Waals surface area contributed by atoms with Gasteiger partial charge < -0.3 is 10.6 Å². The van der Waals surface area contributed by atoms with Gasteiger partial charge in [-0.15, -0.1) is 0 Å². The lowest BCUT2D eigenvalue weighted by atomic mass is 9.73. The molecule has 5 nitrogen and oxygen atoms in total. The maximum atomic E-state index is 13.4. The highest BCUT2D eigenvalue weighted by molar-refractivity contribution is 6.31. The first-order valence-corrected chi connectivity index (χ1v) is 10.9. The minimum atomic E-state index is -0.375. The van der Waals surface area contributed by atoms with Crippen molar-refractivity contribution in [3.63, 3.8) is 0 Å². The maximum Gasteiger partial charge on any atom is 0.163 e. The molecule has 2 aromatic carbocycles. The molecule has 2 aliphatic rings. The number of rotatable bonds is 2. The second kappa shape index (κ2) is 7.27. The fourth-order valence-electron chi connectivity index (χ4n) is 4.69. The van der Waals surface area contributed by atoms with Crippen molar-refractivity contribution in [2.75, 3.05) is 10.6 Å². The van der Waals surface area contributed by atoms with Crippen LogP contribution in [0.3, 0.4) is 0 Å². The van der Waals surface area contributed by atoms with E-state index in [-0.39, 0.29) is 17.2 Å². The second-order valence-electron chi connectivity index (χ2n) is 9.12. The van der Waals surface area contributed by atoms with Crippen molar-refractivity contribution in [2.45, 2.75) is 39.7 Å². The summed E-state index contributed by atoms with van der Waals surface area (Å²) in [6.45, 7) is 6.23. The minimum absolute atomic E-state index is 0.0974. The number of nitrogens with zero attached hydrogens (tertiary/aromatic N) is 2. The third-order valence-corrected chi connectivity index (χ3v) is 6.42. The quantitative estimate of drug-likeness (QED) is 0.517. The van der Waals surface area contributed by atoms with E-state index in [1.807, 2.05) is 61.5 Å². The summed E-state index contributed by atoms with van der Waals surface area (Å²) in [5.74, 6) is 0.145. The summed E-state index contributed by atoms with van der Waals surface area (Å²) in [5, 5.41) is 12.4. The van der Waals surface area contributed by atoms with Gasteiger partial charge in [0.25, 0.3) is 0 Å². The Labute approximate surface area is 187 Å². The molecular weight excluding hydrogens is 408 g/mol. The predicted molar refractivity (Wildman–Crippen MR) is 125 cm³/mol. The number of halogens is 1. The molecule has 1 aliphatic carbocycles. The van der Waals surface area contributed by atoms with E-state index in [1.54, 1.807) is 4.68 Å². The molecule has 0 unspecified atom stereocenters. The van der Waals surface area contributed by atoms with Crippen LogP contribution in [0.1, 0.15) is 44.0 Å². The average molecular weight is 433 g/mol. The second-order valence-corrected chi connectivity index (χ2v) is 9.48. The first-order valence-electron chi connectivity index (χ1n) is 10.5. The van der Waals surface area contributed by atoms with E-state index in [9.17, 15) is 4.79 Å². The van der Waals surface area contributed by atoms with Crippen LogP contribution in [0.2, 0.25) is 5.15 Å². The van der Waals surface area contributed by atoms with Gasteiger partial charge in [-0.2, -0.15) is 5.10 Å². The van der Waals surface area contributed by atoms with Gasteiger partial charge in [0.15, 0.2) is 5.78 Å². The summed E-state index contributed by atoms with van der Waals surface area (Å²) in [4.78, 5) is 13.4. The van der Waals surface area contributed by atoms with Crippen LogP contribution < -0.4 is 10.6 Å². The van der Waals surface area contributed by atoms with Crippen LogP contribution >= 0.6 is 11.6 Å². The number of hydrogen-bond donors (Lipinski definition) is 2. The van der Waals surface area contributed by atoms with Gasteiger partial charge in [0.1, 0.15) is 5.15 Å². The number of hydrogen-bond acceptors (Lipinski definition) is 4. The van der Waals surface area contributed by atoms with Crippen LogP contribution in [0.15, 0.2) is 65.9 Å². The number of ketones is 1. The highest BCUT2D eigenvalue weighted by atomic mass is 35.5. The van der Waals surface area contributed by atoms with Gasteiger partial charge in [0, 0.05) is 23.3 Å². The molecule has 0 saturated heterocycles. The van der Waals surface area contributed by atoms with Crippen LogP contribution in [-0.2, 0) is 4.79 Å². The number of carbonyl (C=O) groups excluding carboxylic acids is 1. The normalized spacial score (nSPS) is 19.7. The first-order chi connectivity index (χ1) is 14.8. The van der Waals surface area contributed by atoms with Crippen molar-refractivity contribution in [3.8, 4) is 5.69 Å². The number of aryl methyl sites for hydroxylation is 1. The van der Waals surface area contributed by atoms with Crippen molar-refractivity contribution >= 4 is 28.8 Å².